The molecule has 1 aliphatic carbocycles. The third-order valence-electron chi connectivity index (χ3n) is 4.08. The van der Waals surface area contributed by atoms with Crippen molar-refractivity contribution in [3.8, 4) is 16.9 Å². The summed E-state index contributed by atoms with van der Waals surface area (Å²) in [6.45, 7) is 2.93. The average Bonchev–Trinajstić information content (AvgIpc) is 3.01. The molecule has 1 unspecified atom stereocenters. The van der Waals surface area contributed by atoms with E-state index in [0.29, 0.717) is 12.1 Å². The third kappa shape index (κ3) is 2.22. The van der Waals surface area contributed by atoms with Gasteiger partial charge in [-0.15, -0.1) is 0 Å². The predicted molar refractivity (Wildman–Crippen MR) is 77.8 cm³/mol. The molecule has 0 radical (unpaired) electrons. The van der Waals surface area contributed by atoms with Crippen LogP contribution in [0.2, 0.25) is 0 Å². The van der Waals surface area contributed by atoms with E-state index < -0.39 is 0 Å². The van der Waals surface area contributed by atoms with E-state index in [0.717, 1.165) is 24.5 Å². The van der Waals surface area contributed by atoms with Crippen molar-refractivity contribution in [2.45, 2.75) is 44.9 Å². The molecule has 1 atom stereocenters. The van der Waals surface area contributed by atoms with Crippen LogP contribution in [0.4, 0.5) is 0 Å². The molecule has 0 spiro atoms. The summed E-state index contributed by atoms with van der Waals surface area (Å²) >= 11 is 0. The van der Waals surface area contributed by atoms with Gasteiger partial charge in [-0.2, -0.15) is 0 Å². The highest BCUT2D eigenvalue weighted by molar-refractivity contribution is 5.68. The molecular formula is C17H19NO2. The number of rotatable bonds is 4. The van der Waals surface area contributed by atoms with Crippen molar-refractivity contribution < 1.29 is 9.15 Å². The Hall–Kier alpha value is -1.74. The Morgan fingerprint density at radius 2 is 2.15 bits per heavy atom. The van der Waals surface area contributed by atoms with Crippen molar-refractivity contribution in [3.05, 3.63) is 41.9 Å². The first-order chi connectivity index (χ1) is 9.79. The molecular weight excluding hydrogens is 250 g/mol. The Labute approximate surface area is 118 Å². The van der Waals surface area contributed by atoms with Gasteiger partial charge in [0.15, 0.2) is 0 Å². The Balaban J connectivity index is 1.61. The van der Waals surface area contributed by atoms with Gasteiger partial charge in [-0.05, 0) is 49.1 Å². The van der Waals surface area contributed by atoms with Crippen LogP contribution >= 0.6 is 0 Å². The van der Waals surface area contributed by atoms with Crippen molar-refractivity contribution in [3.63, 3.8) is 0 Å². The summed E-state index contributed by atoms with van der Waals surface area (Å²) in [6, 6.07) is 9.21. The molecule has 1 saturated carbocycles. The standard InChI is InChI=1S/C17H19NO2/c1-11-8-13-9-12(2-5-16(13)20-11)15-6-7-19-17(15)10-18-14-3-4-14/h2,5-7,9,11,14,18H,3-4,8,10H2,1H3. The summed E-state index contributed by atoms with van der Waals surface area (Å²) in [5.74, 6) is 2.06. The van der Waals surface area contributed by atoms with Crippen LogP contribution in [0.1, 0.15) is 31.1 Å². The molecule has 3 nitrogen and oxygen atoms in total. The van der Waals surface area contributed by atoms with E-state index in [1.165, 1.54) is 29.5 Å². The SMILES string of the molecule is CC1Cc2cc(-c3ccoc3CNC3CC3)ccc2O1. The van der Waals surface area contributed by atoms with Crippen LogP contribution in [-0.2, 0) is 13.0 Å². The van der Waals surface area contributed by atoms with Crippen molar-refractivity contribution in [2.75, 3.05) is 0 Å². The molecule has 0 saturated heterocycles. The lowest BCUT2D eigenvalue weighted by Crippen LogP contribution is -2.15. The highest BCUT2D eigenvalue weighted by Crippen LogP contribution is 2.34. The second-order valence-corrected chi connectivity index (χ2v) is 5.87. The lowest BCUT2D eigenvalue weighted by Gasteiger charge is -2.06. The van der Waals surface area contributed by atoms with Crippen molar-refractivity contribution in [1.82, 2.24) is 5.32 Å². The zero-order valence-electron chi connectivity index (χ0n) is 11.7. The summed E-state index contributed by atoms with van der Waals surface area (Å²) < 4.78 is 11.4. The Kier molecular flexibility index (Phi) is 2.81. The fourth-order valence-electron chi connectivity index (χ4n) is 2.85. The van der Waals surface area contributed by atoms with Crippen molar-refractivity contribution in [1.29, 1.82) is 0 Å². The summed E-state index contributed by atoms with van der Waals surface area (Å²) in [5.41, 5.74) is 3.72. The van der Waals surface area contributed by atoms with E-state index in [4.69, 9.17) is 9.15 Å². The van der Waals surface area contributed by atoms with Crippen molar-refractivity contribution >= 4 is 0 Å². The van der Waals surface area contributed by atoms with Gasteiger partial charge >= 0.3 is 0 Å². The summed E-state index contributed by atoms with van der Waals surface area (Å²) in [4.78, 5) is 0. The van der Waals surface area contributed by atoms with Crippen LogP contribution < -0.4 is 10.1 Å². The molecule has 1 fully saturated rings. The minimum atomic E-state index is 0.292. The first-order valence-electron chi connectivity index (χ1n) is 7.39. The maximum atomic E-state index is 5.76. The molecule has 1 N–H and O–H groups in total. The summed E-state index contributed by atoms with van der Waals surface area (Å²) in [6.07, 6.45) is 5.66. The molecule has 1 aliphatic heterocycles. The molecule has 1 aromatic carbocycles. The van der Waals surface area contributed by atoms with Crippen LogP contribution in [0.3, 0.4) is 0 Å². The van der Waals surface area contributed by atoms with Gasteiger partial charge in [0.2, 0.25) is 0 Å². The van der Waals surface area contributed by atoms with E-state index in [1.807, 2.05) is 0 Å². The van der Waals surface area contributed by atoms with Gasteiger partial charge in [-0.3, -0.25) is 0 Å². The normalized spacial score (nSPS) is 20.8. The Morgan fingerprint density at radius 1 is 1.25 bits per heavy atom. The van der Waals surface area contributed by atoms with Crippen LogP contribution in [-0.4, -0.2) is 12.1 Å². The zero-order valence-corrected chi connectivity index (χ0v) is 11.7. The number of hydrogen-bond acceptors (Lipinski definition) is 3. The molecule has 2 aliphatic rings. The second kappa shape index (κ2) is 4.67. The average molecular weight is 269 g/mol. The lowest BCUT2D eigenvalue weighted by molar-refractivity contribution is 0.254. The first-order valence-corrected chi connectivity index (χ1v) is 7.39. The summed E-state index contributed by atoms with van der Waals surface area (Å²) in [7, 11) is 0. The van der Waals surface area contributed by atoms with Gasteiger partial charge in [0.05, 0.1) is 12.8 Å². The smallest absolute Gasteiger partial charge is 0.125 e. The lowest BCUT2D eigenvalue weighted by atomic mass is 10.0. The third-order valence-corrected chi connectivity index (χ3v) is 4.08. The maximum absolute atomic E-state index is 5.76. The fourth-order valence-corrected chi connectivity index (χ4v) is 2.85. The van der Waals surface area contributed by atoms with E-state index in [1.54, 1.807) is 6.26 Å². The highest BCUT2D eigenvalue weighted by atomic mass is 16.5. The minimum absolute atomic E-state index is 0.292. The quantitative estimate of drug-likeness (QED) is 0.922. The number of ether oxygens (including phenoxy) is 1. The number of benzene rings is 1. The maximum Gasteiger partial charge on any atom is 0.125 e. The molecule has 0 bridgehead atoms. The number of fused-ring (bicyclic) bond motifs is 1. The van der Waals surface area contributed by atoms with Gasteiger partial charge in [0.25, 0.3) is 0 Å². The van der Waals surface area contributed by atoms with Gasteiger partial charge < -0.3 is 14.5 Å². The minimum Gasteiger partial charge on any atom is -0.490 e. The fraction of sp³-hybridized carbons (Fsp3) is 0.412. The first kappa shape index (κ1) is 12.0. The largest absolute Gasteiger partial charge is 0.490 e. The van der Waals surface area contributed by atoms with Gasteiger partial charge in [0.1, 0.15) is 17.6 Å². The zero-order chi connectivity index (χ0) is 13.5. The molecule has 2 aromatic rings. The Bertz CT molecular complexity index is 628. The highest BCUT2D eigenvalue weighted by Gasteiger charge is 2.22. The molecule has 1 aromatic heterocycles. The van der Waals surface area contributed by atoms with Crippen LogP contribution in [0.5, 0.6) is 5.75 Å². The van der Waals surface area contributed by atoms with E-state index in [9.17, 15) is 0 Å². The van der Waals surface area contributed by atoms with Crippen molar-refractivity contribution in [2.24, 2.45) is 0 Å². The van der Waals surface area contributed by atoms with E-state index >= 15 is 0 Å². The number of nitrogens with one attached hydrogen (secondary N) is 1. The molecule has 104 valence electrons. The van der Waals surface area contributed by atoms with Gasteiger partial charge in [-0.25, -0.2) is 0 Å². The monoisotopic (exact) mass is 269 g/mol. The number of furan rings is 1. The van der Waals surface area contributed by atoms with Gasteiger partial charge in [-0.1, -0.05) is 6.07 Å². The van der Waals surface area contributed by atoms with E-state index in [2.05, 4.69) is 36.5 Å². The van der Waals surface area contributed by atoms with Gasteiger partial charge in [0, 0.05) is 18.0 Å². The molecule has 4 rings (SSSR count). The number of hydrogen-bond donors (Lipinski definition) is 1. The topological polar surface area (TPSA) is 34.4 Å². The van der Waals surface area contributed by atoms with Crippen LogP contribution in [0.25, 0.3) is 11.1 Å². The summed E-state index contributed by atoms with van der Waals surface area (Å²) in [5, 5.41) is 3.51. The second-order valence-electron chi connectivity index (χ2n) is 5.87. The van der Waals surface area contributed by atoms with Crippen LogP contribution in [0, 0.1) is 0 Å². The predicted octanol–water partition coefficient (Wildman–Crippen LogP) is 3.52. The molecule has 20 heavy (non-hydrogen) atoms. The molecule has 3 heteroatoms. The van der Waals surface area contributed by atoms with Crippen LogP contribution in [0.15, 0.2) is 34.9 Å². The molecule has 0 amide bonds. The van der Waals surface area contributed by atoms with E-state index in [-0.39, 0.29) is 0 Å². The molecule has 2 heterocycles. The Morgan fingerprint density at radius 3 is 3.00 bits per heavy atom.